The first-order valence-electron chi connectivity index (χ1n) is 4.23. The van der Waals surface area contributed by atoms with E-state index in [2.05, 4.69) is 0 Å². The van der Waals surface area contributed by atoms with Gasteiger partial charge in [-0.25, -0.2) is 0 Å². The number of nitrogen functional groups attached to an aromatic ring is 2. The Morgan fingerprint density at radius 1 is 1.00 bits per heavy atom. The summed E-state index contributed by atoms with van der Waals surface area (Å²) in [6.45, 7) is 2.01. The maximum atomic E-state index is 5.93. The summed E-state index contributed by atoms with van der Waals surface area (Å²) in [7, 11) is 0. The smallest absolute Gasteiger partial charge is 0.0423 e. The molecule has 13 heavy (non-hydrogen) atoms. The molecule has 0 aromatic heterocycles. The number of fused-ring (bicyclic) bond motifs is 1. The van der Waals surface area contributed by atoms with Gasteiger partial charge in [0.15, 0.2) is 0 Å². The highest BCUT2D eigenvalue weighted by atomic mass is 14.6. The zero-order valence-corrected chi connectivity index (χ0v) is 7.54. The second kappa shape index (κ2) is 2.66. The number of nitrogens with two attached hydrogens (primary N) is 2. The van der Waals surface area contributed by atoms with Gasteiger partial charge >= 0.3 is 0 Å². The molecule has 66 valence electrons. The van der Waals surface area contributed by atoms with Crippen LogP contribution < -0.4 is 11.5 Å². The lowest BCUT2D eigenvalue weighted by atomic mass is 10.0. The summed E-state index contributed by atoms with van der Waals surface area (Å²) in [5.74, 6) is 0. The predicted octanol–water partition coefficient (Wildman–Crippen LogP) is 2.31. The van der Waals surface area contributed by atoms with Gasteiger partial charge in [-0.2, -0.15) is 0 Å². The average molecular weight is 172 g/mol. The third-order valence-electron chi connectivity index (χ3n) is 2.30. The van der Waals surface area contributed by atoms with Crippen LogP contribution in [0.25, 0.3) is 10.8 Å². The highest BCUT2D eigenvalue weighted by Gasteiger charge is 2.00. The third-order valence-corrected chi connectivity index (χ3v) is 2.30. The molecule has 4 N–H and O–H groups in total. The zero-order chi connectivity index (χ0) is 9.42. The van der Waals surface area contributed by atoms with Crippen molar-refractivity contribution in [1.82, 2.24) is 0 Å². The van der Waals surface area contributed by atoms with Crippen LogP contribution in [0.2, 0.25) is 0 Å². The lowest BCUT2D eigenvalue weighted by Crippen LogP contribution is -1.92. The number of hydrogen-bond acceptors (Lipinski definition) is 2. The molecule has 2 nitrogen and oxygen atoms in total. The summed E-state index contributed by atoms with van der Waals surface area (Å²) in [6, 6.07) is 9.82. The largest absolute Gasteiger partial charge is 0.399 e. The van der Waals surface area contributed by atoms with Gasteiger partial charge in [-0.15, -0.1) is 0 Å². The topological polar surface area (TPSA) is 52.0 Å². The molecule has 0 amide bonds. The lowest BCUT2D eigenvalue weighted by molar-refractivity contribution is 1.50. The first kappa shape index (κ1) is 7.92. The van der Waals surface area contributed by atoms with E-state index < -0.39 is 0 Å². The first-order chi connectivity index (χ1) is 6.18. The van der Waals surface area contributed by atoms with Crippen LogP contribution >= 0.6 is 0 Å². The molecular formula is C11H12N2. The van der Waals surface area contributed by atoms with Gasteiger partial charge in [0.1, 0.15) is 0 Å². The van der Waals surface area contributed by atoms with Gasteiger partial charge in [0.2, 0.25) is 0 Å². The Morgan fingerprint density at radius 3 is 2.54 bits per heavy atom. The van der Waals surface area contributed by atoms with Crippen LogP contribution in [0.4, 0.5) is 11.4 Å². The Kier molecular flexibility index (Phi) is 1.62. The molecule has 0 saturated heterocycles. The predicted molar refractivity (Wildman–Crippen MR) is 57.5 cm³/mol. The van der Waals surface area contributed by atoms with Crippen LogP contribution in [0.5, 0.6) is 0 Å². The minimum absolute atomic E-state index is 0.774. The molecule has 0 spiro atoms. The number of anilines is 2. The van der Waals surface area contributed by atoms with Crippen LogP contribution in [0, 0.1) is 6.92 Å². The molecule has 0 bridgehead atoms. The van der Waals surface area contributed by atoms with E-state index in [4.69, 9.17) is 11.5 Å². The summed E-state index contributed by atoms with van der Waals surface area (Å²) >= 11 is 0. The van der Waals surface area contributed by atoms with Crippen molar-refractivity contribution >= 4 is 22.1 Å². The molecule has 0 aliphatic rings. The Labute approximate surface area is 77.2 Å². The molecule has 0 atom stereocenters. The fourth-order valence-corrected chi connectivity index (χ4v) is 1.48. The monoisotopic (exact) mass is 172 g/mol. The second-order valence-corrected chi connectivity index (χ2v) is 3.28. The van der Waals surface area contributed by atoms with Crippen LogP contribution in [-0.2, 0) is 0 Å². The van der Waals surface area contributed by atoms with Crippen molar-refractivity contribution in [3.63, 3.8) is 0 Å². The summed E-state index contributed by atoms with van der Waals surface area (Å²) in [5.41, 5.74) is 14.3. The van der Waals surface area contributed by atoms with Crippen molar-refractivity contribution < 1.29 is 0 Å². The summed E-state index contributed by atoms with van der Waals surface area (Å²) in [5, 5.41) is 2.18. The molecule has 2 rings (SSSR count). The molecule has 0 radical (unpaired) electrons. The van der Waals surface area contributed by atoms with E-state index in [9.17, 15) is 0 Å². The maximum absolute atomic E-state index is 5.93. The number of hydrogen-bond donors (Lipinski definition) is 2. The van der Waals surface area contributed by atoms with Crippen LogP contribution in [-0.4, -0.2) is 0 Å². The van der Waals surface area contributed by atoms with E-state index in [-0.39, 0.29) is 0 Å². The van der Waals surface area contributed by atoms with Gasteiger partial charge in [0, 0.05) is 16.8 Å². The minimum Gasteiger partial charge on any atom is -0.399 e. The third kappa shape index (κ3) is 1.20. The molecule has 0 aliphatic heterocycles. The number of rotatable bonds is 0. The van der Waals surface area contributed by atoms with E-state index >= 15 is 0 Å². The molecular weight excluding hydrogens is 160 g/mol. The molecule has 2 aromatic rings. The van der Waals surface area contributed by atoms with E-state index in [1.165, 1.54) is 0 Å². The van der Waals surface area contributed by atoms with Crippen molar-refractivity contribution in [2.75, 3.05) is 11.5 Å². The van der Waals surface area contributed by atoms with Crippen molar-refractivity contribution in [2.24, 2.45) is 0 Å². The summed E-state index contributed by atoms with van der Waals surface area (Å²) in [4.78, 5) is 0. The van der Waals surface area contributed by atoms with Gasteiger partial charge in [0.05, 0.1) is 0 Å². The van der Waals surface area contributed by atoms with Crippen LogP contribution in [0.3, 0.4) is 0 Å². The minimum atomic E-state index is 0.774. The standard InChI is InChI=1S/C11H12N2/c1-7-2-3-8-6-9(12)4-5-10(8)11(7)13/h2-6H,12-13H2,1H3. The fraction of sp³-hybridized carbons (Fsp3) is 0.0909. The summed E-state index contributed by atoms with van der Waals surface area (Å²) < 4.78 is 0. The Bertz CT molecular complexity index is 461. The normalized spacial score (nSPS) is 10.5. The van der Waals surface area contributed by atoms with Gasteiger partial charge in [-0.3, -0.25) is 0 Å². The van der Waals surface area contributed by atoms with Crippen molar-refractivity contribution in [2.45, 2.75) is 6.92 Å². The van der Waals surface area contributed by atoms with Crippen LogP contribution in [0.15, 0.2) is 30.3 Å². The Hall–Kier alpha value is -1.70. The molecule has 2 aromatic carbocycles. The molecule has 0 saturated carbocycles. The molecule has 0 aliphatic carbocycles. The maximum Gasteiger partial charge on any atom is 0.0423 e. The Morgan fingerprint density at radius 2 is 1.77 bits per heavy atom. The Balaban J connectivity index is 2.87. The van der Waals surface area contributed by atoms with Crippen molar-refractivity contribution in [1.29, 1.82) is 0 Å². The average Bonchev–Trinajstić information content (AvgIpc) is 2.12. The number of aryl methyl sites for hydroxylation is 1. The van der Waals surface area contributed by atoms with E-state index in [1.54, 1.807) is 0 Å². The van der Waals surface area contributed by atoms with E-state index in [0.717, 1.165) is 27.7 Å². The quantitative estimate of drug-likeness (QED) is 0.599. The fourth-order valence-electron chi connectivity index (χ4n) is 1.48. The summed E-state index contributed by atoms with van der Waals surface area (Å²) in [6.07, 6.45) is 0. The van der Waals surface area contributed by atoms with Crippen molar-refractivity contribution in [3.05, 3.63) is 35.9 Å². The van der Waals surface area contributed by atoms with Gasteiger partial charge in [0.25, 0.3) is 0 Å². The molecule has 2 heteroatoms. The molecule has 0 heterocycles. The molecule has 0 unspecified atom stereocenters. The molecule has 0 fully saturated rings. The lowest BCUT2D eigenvalue weighted by Gasteiger charge is -2.05. The van der Waals surface area contributed by atoms with Crippen molar-refractivity contribution in [3.8, 4) is 0 Å². The van der Waals surface area contributed by atoms with Crippen LogP contribution in [0.1, 0.15) is 5.56 Å². The highest BCUT2D eigenvalue weighted by molar-refractivity contribution is 5.95. The first-order valence-corrected chi connectivity index (χ1v) is 4.23. The highest BCUT2D eigenvalue weighted by Crippen LogP contribution is 2.25. The van der Waals surface area contributed by atoms with Gasteiger partial charge < -0.3 is 11.5 Å². The van der Waals surface area contributed by atoms with Gasteiger partial charge in [-0.1, -0.05) is 18.2 Å². The number of benzene rings is 2. The second-order valence-electron chi connectivity index (χ2n) is 3.28. The van der Waals surface area contributed by atoms with E-state index in [1.807, 2.05) is 37.3 Å². The van der Waals surface area contributed by atoms with E-state index in [0.29, 0.717) is 0 Å². The SMILES string of the molecule is Cc1ccc2cc(N)ccc2c1N. The zero-order valence-electron chi connectivity index (χ0n) is 7.54. The van der Waals surface area contributed by atoms with Gasteiger partial charge in [-0.05, 0) is 30.0 Å².